The average Bonchev–Trinajstić information content (AvgIpc) is 3.02. The van der Waals surface area contributed by atoms with Gasteiger partial charge < -0.3 is 14.6 Å². The monoisotopic (exact) mass is 362 g/mol. The molecule has 0 bridgehead atoms. The summed E-state index contributed by atoms with van der Waals surface area (Å²) in [5.74, 6) is 1.86. The zero-order valence-electron chi connectivity index (χ0n) is 15.3. The lowest BCUT2D eigenvalue weighted by molar-refractivity contribution is -0.119. The first-order valence-corrected chi connectivity index (χ1v) is 9.57. The highest BCUT2D eigenvalue weighted by Gasteiger charge is 2.17. The summed E-state index contributed by atoms with van der Waals surface area (Å²) in [4.78, 5) is 12.1. The van der Waals surface area contributed by atoms with Crippen LogP contribution < -0.4 is 10.1 Å². The number of para-hydroxylation sites is 1. The molecule has 2 aromatic rings. The number of benzene rings is 1. The second kappa shape index (κ2) is 9.46. The molecule has 25 heavy (non-hydrogen) atoms. The van der Waals surface area contributed by atoms with Gasteiger partial charge in [0.25, 0.3) is 0 Å². The van der Waals surface area contributed by atoms with Crippen molar-refractivity contribution < 1.29 is 9.53 Å². The van der Waals surface area contributed by atoms with Crippen LogP contribution in [0.4, 0.5) is 0 Å². The van der Waals surface area contributed by atoms with Crippen LogP contribution in [0.3, 0.4) is 0 Å². The van der Waals surface area contributed by atoms with E-state index in [1.807, 2.05) is 42.7 Å². The fourth-order valence-electron chi connectivity index (χ4n) is 2.66. The smallest absolute Gasteiger partial charge is 0.230 e. The first-order valence-electron chi connectivity index (χ1n) is 8.59. The molecule has 0 aliphatic carbocycles. The maximum Gasteiger partial charge on any atom is 0.230 e. The maximum atomic E-state index is 12.1. The molecule has 6 nitrogen and oxygen atoms in total. The van der Waals surface area contributed by atoms with Crippen molar-refractivity contribution in [2.24, 2.45) is 0 Å². The highest BCUT2D eigenvalue weighted by Crippen LogP contribution is 2.30. The largest absolute Gasteiger partial charge is 0.496 e. The lowest BCUT2D eigenvalue weighted by Gasteiger charge is -2.13. The van der Waals surface area contributed by atoms with Crippen molar-refractivity contribution in [1.82, 2.24) is 20.1 Å². The van der Waals surface area contributed by atoms with E-state index in [4.69, 9.17) is 4.74 Å². The molecule has 1 unspecified atom stereocenters. The minimum atomic E-state index is 0.0236. The third-order valence-corrected chi connectivity index (χ3v) is 4.81. The Bertz CT molecular complexity index is 702. The van der Waals surface area contributed by atoms with Gasteiger partial charge in [0.1, 0.15) is 5.75 Å². The normalized spacial score (nSPS) is 12.0. The molecule has 1 aromatic carbocycles. The van der Waals surface area contributed by atoms with E-state index < -0.39 is 0 Å². The third kappa shape index (κ3) is 4.98. The number of carbonyl (C=O) groups excluding carboxylic acids is 1. The number of thioether (sulfide) groups is 1. The van der Waals surface area contributed by atoms with Crippen LogP contribution in [0, 0.1) is 0 Å². The summed E-state index contributed by atoms with van der Waals surface area (Å²) in [6.07, 6.45) is 2.04. The number of amides is 1. The van der Waals surface area contributed by atoms with Crippen LogP contribution in [0.5, 0.6) is 5.75 Å². The fraction of sp³-hybridized carbons (Fsp3) is 0.500. The summed E-state index contributed by atoms with van der Waals surface area (Å²) < 4.78 is 7.43. The number of carbonyl (C=O) groups is 1. The molecular formula is C18H26N4O2S. The molecule has 1 N–H and O–H groups in total. The number of aromatic nitrogens is 3. The molecular weight excluding hydrogens is 336 g/mol. The van der Waals surface area contributed by atoms with Gasteiger partial charge in [0, 0.05) is 12.6 Å². The number of nitrogens with one attached hydrogen (secondary N) is 1. The zero-order valence-corrected chi connectivity index (χ0v) is 16.1. The highest BCUT2D eigenvalue weighted by molar-refractivity contribution is 7.99. The van der Waals surface area contributed by atoms with Gasteiger partial charge in [-0.25, -0.2) is 0 Å². The Morgan fingerprint density at radius 3 is 2.76 bits per heavy atom. The van der Waals surface area contributed by atoms with Gasteiger partial charge >= 0.3 is 0 Å². The molecule has 0 saturated carbocycles. The number of methoxy groups -OCH3 is 1. The SMILES string of the molecule is CCCC(C)NC(=O)CSc1nnc(-c2ccccc2OC)n1CC. The molecule has 7 heteroatoms. The van der Waals surface area contributed by atoms with Crippen molar-refractivity contribution in [3.63, 3.8) is 0 Å². The van der Waals surface area contributed by atoms with Gasteiger partial charge in [-0.05, 0) is 32.4 Å². The van der Waals surface area contributed by atoms with Gasteiger partial charge in [-0.1, -0.05) is 37.2 Å². The highest BCUT2D eigenvalue weighted by atomic mass is 32.2. The van der Waals surface area contributed by atoms with E-state index in [-0.39, 0.29) is 11.9 Å². The van der Waals surface area contributed by atoms with E-state index >= 15 is 0 Å². The Balaban J connectivity index is 2.11. The van der Waals surface area contributed by atoms with Crippen LogP contribution in [0.25, 0.3) is 11.4 Å². The predicted molar refractivity (Wildman–Crippen MR) is 101 cm³/mol. The number of hydrogen-bond acceptors (Lipinski definition) is 5. The molecule has 1 aromatic heterocycles. The Hall–Kier alpha value is -2.02. The van der Waals surface area contributed by atoms with Gasteiger partial charge in [-0.3, -0.25) is 4.79 Å². The van der Waals surface area contributed by atoms with E-state index in [1.165, 1.54) is 11.8 Å². The minimum absolute atomic E-state index is 0.0236. The summed E-state index contributed by atoms with van der Waals surface area (Å²) in [5, 5.41) is 12.3. The van der Waals surface area contributed by atoms with Crippen LogP contribution in [0.1, 0.15) is 33.6 Å². The summed E-state index contributed by atoms with van der Waals surface area (Å²) in [6, 6.07) is 7.93. The van der Waals surface area contributed by atoms with Crippen LogP contribution in [0.15, 0.2) is 29.4 Å². The first kappa shape index (κ1) is 19.3. The summed E-state index contributed by atoms with van der Waals surface area (Å²) >= 11 is 1.41. The van der Waals surface area contributed by atoms with Crippen LogP contribution in [-0.4, -0.2) is 39.6 Å². The van der Waals surface area contributed by atoms with Crippen LogP contribution >= 0.6 is 11.8 Å². The van der Waals surface area contributed by atoms with Crippen molar-refractivity contribution in [3.05, 3.63) is 24.3 Å². The van der Waals surface area contributed by atoms with Crippen LogP contribution in [0.2, 0.25) is 0 Å². The number of ether oxygens (including phenoxy) is 1. The third-order valence-electron chi connectivity index (χ3n) is 3.84. The molecule has 0 fully saturated rings. The molecule has 0 radical (unpaired) electrons. The molecule has 136 valence electrons. The standard InChI is InChI=1S/C18H26N4O2S/c1-5-9-13(3)19-16(23)12-25-18-21-20-17(22(18)6-2)14-10-7-8-11-15(14)24-4/h7-8,10-11,13H,5-6,9,12H2,1-4H3,(H,19,23). The van der Waals surface area contributed by atoms with Gasteiger partial charge in [-0.15, -0.1) is 10.2 Å². The van der Waals surface area contributed by atoms with Crippen molar-refractivity contribution >= 4 is 17.7 Å². The second-order valence-electron chi connectivity index (χ2n) is 5.80. The summed E-state index contributed by atoms with van der Waals surface area (Å²) in [6.45, 7) is 6.90. The van der Waals surface area contributed by atoms with E-state index in [0.29, 0.717) is 5.75 Å². The Labute approximate surface area is 153 Å². The van der Waals surface area contributed by atoms with E-state index in [2.05, 4.69) is 22.4 Å². The molecule has 1 atom stereocenters. The second-order valence-corrected chi connectivity index (χ2v) is 6.74. The van der Waals surface area contributed by atoms with Gasteiger partial charge in [0.05, 0.1) is 18.4 Å². The number of rotatable bonds is 9. The summed E-state index contributed by atoms with van der Waals surface area (Å²) in [5.41, 5.74) is 0.896. The van der Waals surface area contributed by atoms with Crippen molar-refractivity contribution in [2.45, 2.75) is 51.4 Å². The molecule has 1 amide bonds. The zero-order chi connectivity index (χ0) is 18.2. The van der Waals surface area contributed by atoms with Gasteiger partial charge in [0.15, 0.2) is 11.0 Å². The predicted octanol–water partition coefficient (Wildman–Crippen LogP) is 3.37. The summed E-state index contributed by atoms with van der Waals surface area (Å²) in [7, 11) is 1.64. The molecule has 0 saturated heterocycles. The van der Waals surface area contributed by atoms with E-state index in [1.54, 1.807) is 7.11 Å². The van der Waals surface area contributed by atoms with Crippen LogP contribution in [-0.2, 0) is 11.3 Å². The first-order chi connectivity index (χ1) is 12.1. The number of nitrogens with zero attached hydrogens (tertiary/aromatic N) is 3. The molecule has 2 rings (SSSR count). The minimum Gasteiger partial charge on any atom is -0.496 e. The molecule has 0 aliphatic heterocycles. The molecule has 1 heterocycles. The Morgan fingerprint density at radius 2 is 2.08 bits per heavy atom. The van der Waals surface area contributed by atoms with Crippen molar-refractivity contribution in [1.29, 1.82) is 0 Å². The average molecular weight is 362 g/mol. The Kier molecular flexibility index (Phi) is 7.31. The van der Waals surface area contributed by atoms with Gasteiger partial charge in [0.2, 0.25) is 5.91 Å². The molecule has 0 aliphatic rings. The van der Waals surface area contributed by atoms with Crippen molar-refractivity contribution in [2.75, 3.05) is 12.9 Å². The number of hydrogen-bond donors (Lipinski definition) is 1. The van der Waals surface area contributed by atoms with E-state index in [9.17, 15) is 4.79 Å². The van der Waals surface area contributed by atoms with E-state index in [0.717, 1.165) is 41.7 Å². The Morgan fingerprint density at radius 1 is 1.32 bits per heavy atom. The quantitative estimate of drug-likeness (QED) is 0.693. The lowest BCUT2D eigenvalue weighted by atomic mass is 10.2. The lowest BCUT2D eigenvalue weighted by Crippen LogP contribution is -2.33. The topological polar surface area (TPSA) is 69.0 Å². The molecule has 0 spiro atoms. The fourth-order valence-corrected chi connectivity index (χ4v) is 3.47. The van der Waals surface area contributed by atoms with Gasteiger partial charge in [-0.2, -0.15) is 0 Å². The van der Waals surface area contributed by atoms with Crippen molar-refractivity contribution in [3.8, 4) is 17.1 Å². The maximum absolute atomic E-state index is 12.1.